The number of benzene rings is 1. The second kappa shape index (κ2) is 7.17. The van der Waals surface area contributed by atoms with Crippen LogP contribution in [-0.4, -0.2) is 52.0 Å². The van der Waals surface area contributed by atoms with Crippen LogP contribution >= 0.6 is 11.6 Å². The Labute approximate surface area is 133 Å². The molecule has 3 rings (SSSR count). The van der Waals surface area contributed by atoms with Crippen molar-refractivity contribution in [1.29, 1.82) is 0 Å². The Kier molecular flexibility index (Phi) is 5.02. The summed E-state index contributed by atoms with van der Waals surface area (Å²) in [5.74, 6) is -0.236. The maximum Gasteiger partial charge on any atom is 0.137 e. The highest BCUT2D eigenvalue weighted by molar-refractivity contribution is 6.31. The fraction of sp³-hybridized carbons (Fsp3) is 0.467. The van der Waals surface area contributed by atoms with Crippen LogP contribution in [0, 0.1) is 5.82 Å². The monoisotopic (exact) mass is 324 g/mol. The minimum atomic E-state index is -0.236. The molecule has 0 saturated carbocycles. The summed E-state index contributed by atoms with van der Waals surface area (Å²) in [5, 5.41) is 4.59. The maximum absolute atomic E-state index is 13.8. The number of hydrogen-bond donors (Lipinski definition) is 0. The van der Waals surface area contributed by atoms with Crippen molar-refractivity contribution in [3.63, 3.8) is 0 Å². The lowest BCUT2D eigenvalue weighted by Gasteiger charge is -2.32. The van der Waals surface area contributed by atoms with Crippen molar-refractivity contribution in [1.82, 2.24) is 19.7 Å². The van der Waals surface area contributed by atoms with Crippen LogP contribution in [0.3, 0.4) is 0 Å². The highest BCUT2D eigenvalue weighted by Gasteiger charge is 2.21. The Bertz CT molecular complexity index is 587. The van der Waals surface area contributed by atoms with Gasteiger partial charge in [0.15, 0.2) is 0 Å². The molecule has 1 aromatic heterocycles. The van der Waals surface area contributed by atoms with Gasteiger partial charge in [0.1, 0.15) is 18.5 Å². The molecule has 0 radical (unpaired) electrons. The van der Waals surface area contributed by atoms with Gasteiger partial charge in [0.2, 0.25) is 0 Å². The van der Waals surface area contributed by atoms with Gasteiger partial charge in [-0.2, -0.15) is 5.10 Å². The second-order valence-electron chi connectivity index (χ2n) is 5.36. The van der Waals surface area contributed by atoms with Crippen LogP contribution in [0.15, 0.2) is 30.9 Å². The van der Waals surface area contributed by atoms with Gasteiger partial charge in [0.25, 0.3) is 0 Å². The molecule has 1 atom stereocenters. The molecule has 0 amide bonds. The number of hydrogen-bond acceptors (Lipinski definition) is 4. The first kappa shape index (κ1) is 15.4. The van der Waals surface area contributed by atoms with Crippen molar-refractivity contribution >= 4 is 11.6 Å². The van der Waals surface area contributed by atoms with Gasteiger partial charge in [-0.3, -0.25) is 9.58 Å². The highest BCUT2D eigenvalue weighted by Crippen LogP contribution is 2.20. The average molecular weight is 325 g/mol. The van der Waals surface area contributed by atoms with Crippen LogP contribution in [0.4, 0.5) is 4.39 Å². The van der Waals surface area contributed by atoms with Gasteiger partial charge in [0.05, 0.1) is 19.3 Å². The van der Waals surface area contributed by atoms with E-state index in [4.69, 9.17) is 16.3 Å². The van der Waals surface area contributed by atoms with Gasteiger partial charge in [-0.05, 0) is 18.6 Å². The predicted molar refractivity (Wildman–Crippen MR) is 81.3 cm³/mol. The quantitative estimate of drug-likeness (QED) is 0.844. The van der Waals surface area contributed by atoms with Crippen LogP contribution in [0.1, 0.15) is 5.56 Å². The van der Waals surface area contributed by atoms with E-state index in [1.165, 1.54) is 12.4 Å². The minimum Gasteiger partial charge on any atom is -0.374 e. The molecule has 1 saturated heterocycles. The predicted octanol–water partition coefficient (Wildman–Crippen LogP) is 2.01. The standard InChI is InChI=1S/C15H18ClFN4O/c16-14-2-1-3-15(17)13(14)4-5-20-6-7-22-12(8-20)9-21-11-18-10-19-21/h1-3,10-12H,4-9H2/t12-/m0/s1. The molecule has 1 aliphatic heterocycles. The number of morpholine rings is 1. The summed E-state index contributed by atoms with van der Waals surface area (Å²) in [4.78, 5) is 6.20. The molecule has 0 unspecified atom stereocenters. The topological polar surface area (TPSA) is 43.2 Å². The molecule has 0 spiro atoms. The lowest BCUT2D eigenvalue weighted by atomic mass is 10.1. The van der Waals surface area contributed by atoms with E-state index in [0.29, 0.717) is 30.2 Å². The number of rotatable bonds is 5. The van der Waals surface area contributed by atoms with Crippen molar-refractivity contribution in [2.45, 2.75) is 19.1 Å². The molecule has 7 heteroatoms. The van der Waals surface area contributed by atoms with Gasteiger partial charge in [-0.25, -0.2) is 9.37 Å². The molecule has 0 N–H and O–H groups in total. The molecule has 2 aromatic rings. The Morgan fingerprint density at radius 3 is 3.09 bits per heavy atom. The van der Waals surface area contributed by atoms with E-state index in [1.54, 1.807) is 23.1 Å². The summed E-state index contributed by atoms with van der Waals surface area (Å²) in [7, 11) is 0. The Balaban J connectivity index is 1.54. The first-order chi connectivity index (χ1) is 10.7. The summed E-state index contributed by atoms with van der Waals surface area (Å²) in [5.41, 5.74) is 0.587. The van der Waals surface area contributed by atoms with E-state index in [-0.39, 0.29) is 11.9 Å². The first-order valence-corrected chi connectivity index (χ1v) is 7.69. The van der Waals surface area contributed by atoms with E-state index in [0.717, 1.165) is 19.6 Å². The molecule has 2 heterocycles. The van der Waals surface area contributed by atoms with Crippen molar-refractivity contribution in [2.24, 2.45) is 0 Å². The van der Waals surface area contributed by atoms with Crippen molar-refractivity contribution < 1.29 is 9.13 Å². The second-order valence-corrected chi connectivity index (χ2v) is 5.77. The van der Waals surface area contributed by atoms with Gasteiger partial charge < -0.3 is 4.74 Å². The molecule has 1 fully saturated rings. The van der Waals surface area contributed by atoms with Crippen molar-refractivity contribution in [2.75, 3.05) is 26.2 Å². The maximum atomic E-state index is 13.8. The van der Waals surface area contributed by atoms with Gasteiger partial charge in [-0.15, -0.1) is 0 Å². The van der Waals surface area contributed by atoms with E-state index in [2.05, 4.69) is 15.0 Å². The molecule has 0 aliphatic carbocycles. The molecule has 1 aliphatic rings. The largest absolute Gasteiger partial charge is 0.374 e. The van der Waals surface area contributed by atoms with Crippen LogP contribution in [0.2, 0.25) is 5.02 Å². The number of ether oxygens (including phenoxy) is 1. The van der Waals surface area contributed by atoms with Gasteiger partial charge in [0, 0.05) is 30.2 Å². The summed E-state index contributed by atoms with van der Waals surface area (Å²) in [6.45, 7) is 3.76. The van der Waals surface area contributed by atoms with Crippen LogP contribution in [0.5, 0.6) is 0 Å². The SMILES string of the molecule is Fc1cccc(Cl)c1CCN1CCO[C@H](Cn2cncn2)C1. The van der Waals surface area contributed by atoms with E-state index in [1.807, 2.05) is 0 Å². The van der Waals surface area contributed by atoms with E-state index < -0.39 is 0 Å². The summed E-state index contributed by atoms with van der Waals surface area (Å²) in [6, 6.07) is 4.81. The molecule has 0 bridgehead atoms. The zero-order valence-corrected chi connectivity index (χ0v) is 12.9. The lowest BCUT2D eigenvalue weighted by Crippen LogP contribution is -2.45. The zero-order chi connectivity index (χ0) is 15.4. The molecule has 5 nitrogen and oxygen atoms in total. The Hall–Kier alpha value is -1.50. The van der Waals surface area contributed by atoms with Crippen LogP contribution < -0.4 is 0 Å². The lowest BCUT2D eigenvalue weighted by molar-refractivity contribution is -0.0371. The van der Waals surface area contributed by atoms with Crippen LogP contribution in [0.25, 0.3) is 0 Å². The molecule has 22 heavy (non-hydrogen) atoms. The molecular formula is C15H18ClFN4O. The zero-order valence-electron chi connectivity index (χ0n) is 12.2. The minimum absolute atomic E-state index is 0.0755. The summed E-state index contributed by atoms with van der Waals surface area (Å²) < 4.78 is 21.3. The number of nitrogens with zero attached hydrogens (tertiary/aromatic N) is 4. The normalized spacial score (nSPS) is 19.5. The molecule has 1 aromatic carbocycles. The third kappa shape index (κ3) is 3.82. The Morgan fingerprint density at radius 1 is 1.41 bits per heavy atom. The third-order valence-corrected chi connectivity index (χ3v) is 4.17. The van der Waals surface area contributed by atoms with Gasteiger partial charge in [-0.1, -0.05) is 17.7 Å². The highest BCUT2D eigenvalue weighted by atomic mass is 35.5. The number of halogens is 2. The molecular weight excluding hydrogens is 307 g/mol. The average Bonchev–Trinajstić information content (AvgIpc) is 3.00. The smallest absolute Gasteiger partial charge is 0.137 e. The van der Waals surface area contributed by atoms with Crippen LogP contribution in [-0.2, 0) is 17.7 Å². The molecule has 118 valence electrons. The van der Waals surface area contributed by atoms with E-state index >= 15 is 0 Å². The Morgan fingerprint density at radius 2 is 2.32 bits per heavy atom. The third-order valence-electron chi connectivity index (χ3n) is 3.82. The van der Waals surface area contributed by atoms with Gasteiger partial charge >= 0.3 is 0 Å². The number of aromatic nitrogens is 3. The summed E-state index contributed by atoms with van der Waals surface area (Å²) in [6.07, 6.45) is 3.87. The first-order valence-electron chi connectivity index (χ1n) is 7.31. The van der Waals surface area contributed by atoms with Crippen molar-refractivity contribution in [3.8, 4) is 0 Å². The van der Waals surface area contributed by atoms with E-state index in [9.17, 15) is 4.39 Å². The van der Waals surface area contributed by atoms with Crippen molar-refractivity contribution in [3.05, 3.63) is 47.3 Å². The fourth-order valence-corrected chi connectivity index (χ4v) is 2.93. The summed E-state index contributed by atoms with van der Waals surface area (Å²) >= 11 is 6.07. The fourth-order valence-electron chi connectivity index (χ4n) is 2.67.